The molecule has 0 saturated carbocycles. The Balaban J connectivity index is 2.59. The van der Waals surface area contributed by atoms with Crippen molar-refractivity contribution >= 4 is 16.9 Å². The Bertz CT molecular complexity index is 201. The first-order valence-electron chi connectivity index (χ1n) is 3.25. The van der Waals surface area contributed by atoms with E-state index in [1.807, 2.05) is 0 Å². The first kappa shape index (κ1) is 7.51. The molecular formula is C8H11NS. The summed E-state index contributed by atoms with van der Waals surface area (Å²) < 4.78 is 0. The Morgan fingerprint density at radius 3 is 3.00 bits per heavy atom. The van der Waals surface area contributed by atoms with E-state index >= 15 is 0 Å². The molecule has 0 spiro atoms. The van der Waals surface area contributed by atoms with Crippen molar-refractivity contribution in [3.63, 3.8) is 0 Å². The van der Waals surface area contributed by atoms with Gasteiger partial charge in [-0.05, 0) is 40.9 Å². The van der Waals surface area contributed by atoms with E-state index in [1.165, 1.54) is 5.56 Å². The van der Waals surface area contributed by atoms with Crippen molar-refractivity contribution in [3.8, 4) is 0 Å². The minimum atomic E-state index is 0.689. The summed E-state index contributed by atoms with van der Waals surface area (Å²) in [6.07, 6.45) is 0.900. The van der Waals surface area contributed by atoms with Crippen LogP contribution in [0.1, 0.15) is 12.0 Å². The summed E-state index contributed by atoms with van der Waals surface area (Å²) in [5.74, 6) is 0. The molecule has 2 N–H and O–H groups in total. The van der Waals surface area contributed by atoms with Gasteiger partial charge in [0.05, 0.1) is 0 Å². The molecule has 0 aliphatic carbocycles. The largest absolute Gasteiger partial charge is 0.330 e. The number of nitrogens with two attached hydrogens (primary N) is 1. The molecule has 0 atom stereocenters. The van der Waals surface area contributed by atoms with Crippen LogP contribution in [0, 0.1) is 0 Å². The number of thiophene rings is 1. The lowest BCUT2D eigenvalue weighted by Crippen LogP contribution is -1.98. The monoisotopic (exact) mass is 153 g/mol. The van der Waals surface area contributed by atoms with Crippen molar-refractivity contribution in [2.45, 2.75) is 6.42 Å². The molecule has 0 bridgehead atoms. The third-order valence-electron chi connectivity index (χ3n) is 1.38. The molecule has 0 aliphatic heterocycles. The van der Waals surface area contributed by atoms with Crippen molar-refractivity contribution in [2.24, 2.45) is 5.73 Å². The summed E-state index contributed by atoms with van der Waals surface area (Å²) in [6, 6.07) is 2.07. The van der Waals surface area contributed by atoms with Gasteiger partial charge in [-0.1, -0.05) is 6.58 Å². The molecule has 1 aromatic rings. The zero-order valence-electron chi connectivity index (χ0n) is 5.84. The van der Waals surface area contributed by atoms with Gasteiger partial charge in [-0.3, -0.25) is 0 Å². The smallest absolute Gasteiger partial charge is 0.00182 e. The van der Waals surface area contributed by atoms with Gasteiger partial charge >= 0.3 is 0 Å². The summed E-state index contributed by atoms with van der Waals surface area (Å²) in [5, 5.41) is 4.15. The second kappa shape index (κ2) is 3.54. The van der Waals surface area contributed by atoms with Crippen LogP contribution in [-0.2, 0) is 0 Å². The highest BCUT2D eigenvalue weighted by Crippen LogP contribution is 2.17. The van der Waals surface area contributed by atoms with E-state index in [1.54, 1.807) is 11.3 Å². The number of hydrogen-bond acceptors (Lipinski definition) is 2. The molecule has 54 valence electrons. The van der Waals surface area contributed by atoms with E-state index < -0.39 is 0 Å². The molecule has 0 aromatic carbocycles. The maximum absolute atomic E-state index is 5.38. The Kier molecular flexibility index (Phi) is 2.66. The van der Waals surface area contributed by atoms with Crippen LogP contribution in [0.5, 0.6) is 0 Å². The average molecular weight is 153 g/mol. The second-order valence-electron chi connectivity index (χ2n) is 2.15. The predicted molar refractivity (Wildman–Crippen MR) is 47.0 cm³/mol. The second-order valence-corrected chi connectivity index (χ2v) is 2.93. The Morgan fingerprint density at radius 2 is 2.50 bits per heavy atom. The molecule has 1 aromatic heterocycles. The van der Waals surface area contributed by atoms with Gasteiger partial charge in [0, 0.05) is 0 Å². The van der Waals surface area contributed by atoms with Crippen LogP contribution in [0.15, 0.2) is 23.4 Å². The molecule has 0 aliphatic rings. The van der Waals surface area contributed by atoms with Crippen LogP contribution >= 0.6 is 11.3 Å². The third-order valence-corrected chi connectivity index (χ3v) is 2.06. The molecule has 2 heteroatoms. The molecule has 0 unspecified atom stereocenters. The zero-order valence-corrected chi connectivity index (χ0v) is 6.66. The van der Waals surface area contributed by atoms with Crippen LogP contribution < -0.4 is 5.73 Å². The van der Waals surface area contributed by atoms with E-state index in [2.05, 4.69) is 23.4 Å². The van der Waals surface area contributed by atoms with Gasteiger partial charge in [-0.2, -0.15) is 11.3 Å². The highest BCUT2D eigenvalue weighted by Gasteiger charge is 1.95. The minimum absolute atomic E-state index is 0.689. The normalized spacial score (nSPS) is 9.70. The molecule has 10 heavy (non-hydrogen) atoms. The standard InChI is InChI=1S/C8H11NS/c1-7(2-4-9)8-3-5-10-6-8/h3,5-6H,1-2,4,9H2. The highest BCUT2D eigenvalue weighted by molar-refractivity contribution is 7.08. The van der Waals surface area contributed by atoms with Gasteiger partial charge in [0.1, 0.15) is 0 Å². The van der Waals surface area contributed by atoms with Crippen LogP contribution in [0.3, 0.4) is 0 Å². The van der Waals surface area contributed by atoms with E-state index in [0.717, 1.165) is 12.0 Å². The fourth-order valence-electron chi connectivity index (χ4n) is 0.784. The van der Waals surface area contributed by atoms with Crippen molar-refractivity contribution in [2.75, 3.05) is 6.54 Å². The lowest BCUT2D eigenvalue weighted by atomic mass is 10.1. The average Bonchev–Trinajstić information content (AvgIpc) is 2.38. The molecule has 0 amide bonds. The molecule has 0 radical (unpaired) electrons. The number of hydrogen-bond donors (Lipinski definition) is 1. The summed E-state index contributed by atoms with van der Waals surface area (Å²) >= 11 is 1.69. The molecule has 0 saturated heterocycles. The lowest BCUT2D eigenvalue weighted by Gasteiger charge is -1.97. The zero-order chi connectivity index (χ0) is 7.40. The fourth-order valence-corrected chi connectivity index (χ4v) is 1.48. The van der Waals surface area contributed by atoms with Crippen LogP contribution in [0.4, 0.5) is 0 Å². The SMILES string of the molecule is C=C(CCN)c1ccsc1. The van der Waals surface area contributed by atoms with Crippen molar-refractivity contribution < 1.29 is 0 Å². The minimum Gasteiger partial charge on any atom is -0.330 e. The van der Waals surface area contributed by atoms with E-state index in [9.17, 15) is 0 Å². The van der Waals surface area contributed by atoms with Crippen LogP contribution in [0.25, 0.3) is 5.57 Å². The number of rotatable bonds is 3. The lowest BCUT2D eigenvalue weighted by molar-refractivity contribution is 1.02. The summed E-state index contributed by atoms with van der Waals surface area (Å²) in [7, 11) is 0. The maximum atomic E-state index is 5.38. The van der Waals surface area contributed by atoms with Gasteiger partial charge in [0.15, 0.2) is 0 Å². The van der Waals surface area contributed by atoms with E-state index in [0.29, 0.717) is 6.54 Å². The molecule has 0 fully saturated rings. The van der Waals surface area contributed by atoms with Crippen molar-refractivity contribution in [1.29, 1.82) is 0 Å². The Hall–Kier alpha value is -0.600. The quantitative estimate of drug-likeness (QED) is 0.707. The maximum Gasteiger partial charge on any atom is -0.00182 e. The Morgan fingerprint density at radius 1 is 1.70 bits per heavy atom. The summed E-state index contributed by atoms with van der Waals surface area (Å²) in [4.78, 5) is 0. The van der Waals surface area contributed by atoms with Gasteiger partial charge in [-0.25, -0.2) is 0 Å². The molecular weight excluding hydrogens is 142 g/mol. The Labute approximate surface area is 65.2 Å². The third kappa shape index (κ3) is 1.69. The van der Waals surface area contributed by atoms with E-state index in [4.69, 9.17) is 5.73 Å². The van der Waals surface area contributed by atoms with Gasteiger partial charge in [0.25, 0.3) is 0 Å². The van der Waals surface area contributed by atoms with Gasteiger partial charge in [0.2, 0.25) is 0 Å². The van der Waals surface area contributed by atoms with Gasteiger partial charge in [-0.15, -0.1) is 0 Å². The van der Waals surface area contributed by atoms with Crippen molar-refractivity contribution in [1.82, 2.24) is 0 Å². The van der Waals surface area contributed by atoms with Crippen LogP contribution in [-0.4, -0.2) is 6.54 Å². The highest BCUT2D eigenvalue weighted by atomic mass is 32.1. The molecule has 1 heterocycles. The molecule has 1 rings (SSSR count). The topological polar surface area (TPSA) is 26.0 Å². The fraction of sp³-hybridized carbons (Fsp3) is 0.250. The van der Waals surface area contributed by atoms with Gasteiger partial charge < -0.3 is 5.73 Å². The first-order valence-corrected chi connectivity index (χ1v) is 4.19. The molecule has 1 nitrogen and oxygen atoms in total. The van der Waals surface area contributed by atoms with Crippen LogP contribution in [0.2, 0.25) is 0 Å². The summed E-state index contributed by atoms with van der Waals surface area (Å²) in [6.45, 7) is 4.60. The predicted octanol–water partition coefficient (Wildman–Crippen LogP) is 2.11. The summed E-state index contributed by atoms with van der Waals surface area (Å²) in [5.41, 5.74) is 7.75. The first-order chi connectivity index (χ1) is 4.84. The van der Waals surface area contributed by atoms with Crippen molar-refractivity contribution in [3.05, 3.63) is 29.0 Å². The van der Waals surface area contributed by atoms with E-state index in [-0.39, 0.29) is 0 Å².